The maximum Gasteiger partial charge on any atom is 0.226 e. The van der Waals surface area contributed by atoms with Crippen LogP contribution in [0.5, 0.6) is 0 Å². The summed E-state index contributed by atoms with van der Waals surface area (Å²) in [5.74, 6) is 0.874. The summed E-state index contributed by atoms with van der Waals surface area (Å²) < 4.78 is 1.84. The Morgan fingerprint density at radius 1 is 1.08 bits per heavy atom. The Balaban J connectivity index is 1.89. The third-order valence-corrected chi connectivity index (χ3v) is 4.55. The third kappa shape index (κ3) is 2.40. The topological polar surface area (TPSA) is 46.9 Å². The Bertz CT molecular complexity index is 912. The molecule has 0 bridgehead atoms. The monoisotopic (exact) mass is 317 g/mol. The van der Waals surface area contributed by atoms with Crippen LogP contribution in [-0.4, -0.2) is 15.7 Å². The molecule has 120 valence electrons. The number of rotatable bonds is 2. The van der Waals surface area contributed by atoms with Gasteiger partial charge < -0.3 is 5.32 Å². The van der Waals surface area contributed by atoms with Gasteiger partial charge in [-0.1, -0.05) is 48.0 Å². The minimum Gasteiger partial charge on any atom is -0.310 e. The van der Waals surface area contributed by atoms with Gasteiger partial charge in [-0.3, -0.25) is 4.79 Å². The summed E-state index contributed by atoms with van der Waals surface area (Å²) in [5.41, 5.74) is 5.39. The average molecular weight is 317 g/mol. The summed E-state index contributed by atoms with van der Waals surface area (Å²) >= 11 is 0. The average Bonchev–Trinajstić information content (AvgIpc) is 2.91. The van der Waals surface area contributed by atoms with Crippen molar-refractivity contribution in [3.05, 3.63) is 77.0 Å². The molecule has 1 aromatic heterocycles. The van der Waals surface area contributed by atoms with Gasteiger partial charge in [0.05, 0.1) is 11.4 Å². The Morgan fingerprint density at radius 2 is 1.88 bits per heavy atom. The van der Waals surface area contributed by atoms with Crippen molar-refractivity contribution in [1.82, 2.24) is 9.78 Å². The number of amides is 1. The molecule has 2 heterocycles. The second-order valence-corrected chi connectivity index (χ2v) is 6.31. The lowest BCUT2D eigenvalue weighted by Gasteiger charge is -2.24. The predicted octanol–water partition coefficient (Wildman–Crippen LogP) is 3.96. The Morgan fingerprint density at radius 3 is 2.62 bits per heavy atom. The van der Waals surface area contributed by atoms with Crippen LogP contribution in [0.3, 0.4) is 0 Å². The highest BCUT2D eigenvalue weighted by molar-refractivity contribution is 5.95. The minimum atomic E-state index is 0.0334. The van der Waals surface area contributed by atoms with Gasteiger partial charge in [0.1, 0.15) is 5.82 Å². The summed E-state index contributed by atoms with van der Waals surface area (Å²) in [6, 6.07) is 18.3. The quantitative estimate of drug-likeness (QED) is 0.777. The van der Waals surface area contributed by atoms with Crippen LogP contribution in [0.4, 0.5) is 5.82 Å². The molecular weight excluding hydrogens is 298 g/mol. The number of aryl methyl sites for hydroxylation is 2. The second kappa shape index (κ2) is 5.64. The van der Waals surface area contributed by atoms with E-state index in [9.17, 15) is 4.79 Å². The van der Waals surface area contributed by atoms with Gasteiger partial charge in [-0.25, -0.2) is 4.68 Å². The van der Waals surface area contributed by atoms with Gasteiger partial charge in [0.25, 0.3) is 0 Å². The maximum atomic E-state index is 12.3. The number of carbonyl (C=O) groups is 1. The zero-order chi connectivity index (χ0) is 16.7. The van der Waals surface area contributed by atoms with E-state index in [2.05, 4.69) is 30.4 Å². The molecule has 1 N–H and O–H groups in total. The molecule has 4 heteroatoms. The molecule has 24 heavy (non-hydrogen) atoms. The number of aromatic nitrogens is 2. The first-order valence-electron chi connectivity index (χ1n) is 8.15. The molecule has 0 aliphatic carbocycles. The van der Waals surface area contributed by atoms with Gasteiger partial charge in [0, 0.05) is 17.9 Å². The van der Waals surface area contributed by atoms with Crippen LogP contribution in [0.1, 0.15) is 34.7 Å². The first kappa shape index (κ1) is 14.7. The number of para-hydroxylation sites is 1. The van der Waals surface area contributed by atoms with Crippen LogP contribution < -0.4 is 5.32 Å². The lowest BCUT2D eigenvalue weighted by atomic mass is 9.85. The highest BCUT2D eigenvalue weighted by atomic mass is 16.1. The summed E-state index contributed by atoms with van der Waals surface area (Å²) in [6.45, 7) is 4.09. The van der Waals surface area contributed by atoms with Crippen molar-refractivity contribution >= 4 is 11.7 Å². The second-order valence-electron chi connectivity index (χ2n) is 6.31. The van der Waals surface area contributed by atoms with Crippen molar-refractivity contribution in [2.24, 2.45) is 0 Å². The molecule has 0 unspecified atom stereocenters. The molecule has 0 saturated carbocycles. The normalized spacial score (nSPS) is 16.6. The van der Waals surface area contributed by atoms with Gasteiger partial charge >= 0.3 is 0 Å². The molecule has 0 radical (unpaired) electrons. The van der Waals surface area contributed by atoms with Gasteiger partial charge in [0.15, 0.2) is 0 Å². The van der Waals surface area contributed by atoms with E-state index in [1.807, 2.05) is 48.0 Å². The molecule has 1 aliphatic rings. The fourth-order valence-electron chi connectivity index (χ4n) is 3.47. The largest absolute Gasteiger partial charge is 0.310 e. The number of carbonyl (C=O) groups excluding carboxylic acids is 1. The van der Waals surface area contributed by atoms with Gasteiger partial charge in [-0.2, -0.15) is 5.10 Å². The number of fused-ring (bicyclic) bond motifs is 1. The third-order valence-electron chi connectivity index (χ3n) is 4.55. The van der Waals surface area contributed by atoms with E-state index in [0.29, 0.717) is 6.42 Å². The molecule has 1 amide bonds. The maximum absolute atomic E-state index is 12.3. The zero-order valence-corrected chi connectivity index (χ0v) is 13.8. The highest BCUT2D eigenvalue weighted by Gasteiger charge is 2.32. The first-order valence-corrected chi connectivity index (χ1v) is 8.15. The van der Waals surface area contributed by atoms with Crippen molar-refractivity contribution in [3.8, 4) is 5.69 Å². The van der Waals surface area contributed by atoms with Crippen molar-refractivity contribution in [1.29, 1.82) is 0 Å². The van der Waals surface area contributed by atoms with Crippen molar-refractivity contribution in [2.75, 3.05) is 5.32 Å². The summed E-state index contributed by atoms with van der Waals surface area (Å²) in [5, 5.41) is 7.72. The molecule has 2 aromatic carbocycles. The van der Waals surface area contributed by atoms with Crippen molar-refractivity contribution < 1.29 is 4.79 Å². The van der Waals surface area contributed by atoms with Crippen LogP contribution >= 0.6 is 0 Å². The van der Waals surface area contributed by atoms with Gasteiger partial charge in [0.2, 0.25) is 5.91 Å². The fourth-order valence-corrected chi connectivity index (χ4v) is 3.47. The van der Waals surface area contributed by atoms with Crippen LogP contribution in [0, 0.1) is 13.8 Å². The lowest BCUT2D eigenvalue weighted by Crippen LogP contribution is -2.25. The number of anilines is 1. The van der Waals surface area contributed by atoms with Crippen LogP contribution in [0.25, 0.3) is 5.69 Å². The highest BCUT2D eigenvalue weighted by Crippen LogP contribution is 2.40. The number of hydrogen-bond acceptors (Lipinski definition) is 2. The van der Waals surface area contributed by atoms with Crippen molar-refractivity contribution in [3.63, 3.8) is 0 Å². The van der Waals surface area contributed by atoms with E-state index in [1.54, 1.807) is 0 Å². The summed E-state index contributed by atoms with van der Waals surface area (Å²) in [7, 11) is 0. The van der Waals surface area contributed by atoms with E-state index >= 15 is 0 Å². The first-order chi connectivity index (χ1) is 11.6. The van der Waals surface area contributed by atoms with E-state index in [4.69, 9.17) is 5.10 Å². The summed E-state index contributed by atoms with van der Waals surface area (Å²) in [4.78, 5) is 12.3. The SMILES string of the molecule is Cc1cccc([C@H]2CC(=O)Nc3c2c(C)nn3-c2ccccc2)c1. The molecule has 4 rings (SSSR count). The molecule has 1 aliphatic heterocycles. The minimum absolute atomic E-state index is 0.0334. The fraction of sp³-hybridized carbons (Fsp3) is 0.200. The van der Waals surface area contributed by atoms with E-state index in [0.717, 1.165) is 22.8 Å². The number of nitrogens with one attached hydrogen (secondary N) is 1. The zero-order valence-electron chi connectivity index (χ0n) is 13.8. The van der Waals surface area contributed by atoms with Crippen molar-refractivity contribution in [2.45, 2.75) is 26.2 Å². The Hall–Kier alpha value is -2.88. The number of nitrogens with zero attached hydrogens (tertiary/aromatic N) is 2. The smallest absolute Gasteiger partial charge is 0.226 e. The number of hydrogen-bond donors (Lipinski definition) is 1. The summed E-state index contributed by atoms with van der Waals surface area (Å²) in [6.07, 6.45) is 0.456. The Labute approximate surface area is 141 Å². The van der Waals surface area contributed by atoms with Crippen LogP contribution in [0.15, 0.2) is 54.6 Å². The molecule has 4 nitrogen and oxygen atoms in total. The standard InChI is InChI=1S/C20H19N3O/c1-13-7-6-8-15(11-13)17-12-18(24)21-20-19(17)14(2)22-23(20)16-9-4-3-5-10-16/h3-11,17H,12H2,1-2H3,(H,21,24)/t17-/m1/s1. The van der Waals surface area contributed by atoms with Crippen LogP contribution in [-0.2, 0) is 4.79 Å². The molecule has 0 saturated heterocycles. The number of benzene rings is 2. The Kier molecular flexibility index (Phi) is 3.45. The molecular formula is C20H19N3O. The molecule has 0 spiro atoms. The van der Waals surface area contributed by atoms with Crippen LogP contribution in [0.2, 0.25) is 0 Å². The van der Waals surface area contributed by atoms with Gasteiger partial charge in [-0.15, -0.1) is 0 Å². The molecule has 3 aromatic rings. The molecule has 0 fully saturated rings. The van der Waals surface area contributed by atoms with Gasteiger partial charge in [-0.05, 0) is 31.5 Å². The molecule has 1 atom stereocenters. The van der Waals surface area contributed by atoms with E-state index in [-0.39, 0.29) is 11.8 Å². The predicted molar refractivity (Wildman–Crippen MR) is 94.6 cm³/mol. The van der Waals surface area contributed by atoms with E-state index in [1.165, 1.54) is 11.1 Å². The lowest BCUT2D eigenvalue weighted by molar-refractivity contribution is -0.116. The van der Waals surface area contributed by atoms with E-state index < -0.39 is 0 Å².